The Bertz CT molecular complexity index is 928. The van der Waals surface area contributed by atoms with E-state index in [1.165, 1.54) is 0 Å². The fraction of sp³-hybridized carbons (Fsp3) is 0.400. The number of hydrogen-bond donors (Lipinski definition) is 1. The Balaban J connectivity index is 1.64. The highest BCUT2D eigenvalue weighted by atomic mass is 79.9. The van der Waals surface area contributed by atoms with Gasteiger partial charge in [-0.1, -0.05) is 29.8 Å². The molecular weight excluding hydrogens is 440 g/mol. The van der Waals surface area contributed by atoms with Gasteiger partial charge in [-0.05, 0) is 74.7 Å². The number of H-pyrrole nitrogens is 1. The van der Waals surface area contributed by atoms with E-state index in [4.69, 9.17) is 21.4 Å². The molecule has 0 unspecified atom stereocenters. The maximum Gasteiger partial charge on any atom is 0.198 e. The Labute approximate surface area is 178 Å². The van der Waals surface area contributed by atoms with E-state index >= 15 is 0 Å². The van der Waals surface area contributed by atoms with Crippen LogP contribution in [0.15, 0.2) is 45.3 Å². The molecule has 0 radical (unpaired) electrons. The standard InChI is InChI=1S/C20H25BrN4O2S/c1-3-24(4-2)12-5-13-25-19(22-23-20(25)28)18-11-10-17(27-18)14-26-16-8-6-15(21)7-9-16/h6-11H,3-5,12-14H2,1-2H3,(H,23,28). The van der Waals surface area contributed by atoms with Crippen LogP contribution in [0.25, 0.3) is 11.6 Å². The second-order valence-electron chi connectivity index (χ2n) is 6.39. The number of nitrogens with one attached hydrogen (secondary N) is 1. The lowest BCUT2D eigenvalue weighted by atomic mass is 10.3. The van der Waals surface area contributed by atoms with Crippen LogP contribution >= 0.6 is 28.1 Å². The summed E-state index contributed by atoms with van der Waals surface area (Å²) in [7, 11) is 0. The van der Waals surface area contributed by atoms with Gasteiger partial charge in [-0.25, -0.2) is 0 Å². The summed E-state index contributed by atoms with van der Waals surface area (Å²) in [6, 6.07) is 11.5. The monoisotopic (exact) mass is 464 g/mol. The molecule has 0 amide bonds. The van der Waals surface area contributed by atoms with Gasteiger partial charge in [0.2, 0.25) is 0 Å². The number of benzene rings is 1. The molecule has 1 aromatic carbocycles. The second kappa shape index (κ2) is 10.0. The van der Waals surface area contributed by atoms with Crippen molar-refractivity contribution in [2.75, 3.05) is 19.6 Å². The molecule has 3 rings (SSSR count). The first-order valence-corrected chi connectivity index (χ1v) is 10.7. The summed E-state index contributed by atoms with van der Waals surface area (Å²) in [4.78, 5) is 2.40. The summed E-state index contributed by atoms with van der Waals surface area (Å²) in [5, 5.41) is 7.24. The first-order valence-electron chi connectivity index (χ1n) is 9.45. The van der Waals surface area contributed by atoms with Gasteiger partial charge in [0, 0.05) is 11.0 Å². The van der Waals surface area contributed by atoms with Crippen molar-refractivity contribution in [1.82, 2.24) is 19.7 Å². The molecule has 1 N–H and O–H groups in total. The van der Waals surface area contributed by atoms with E-state index in [1.807, 2.05) is 41.0 Å². The molecule has 0 bridgehead atoms. The Kier molecular flexibility index (Phi) is 7.47. The van der Waals surface area contributed by atoms with Crippen molar-refractivity contribution in [2.24, 2.45) is 0 Å². The van der Waals surface area contributed by atoms with Gasteiger partial charge < -0.3 is 14.1 Å². The van der Waals surface area contributed by atoms with Gasteiger partial charge in [0.15, 0.2) is 16.4 Å². The van der Waals surface area contributed by atoms with Crippen LogP contribution in [0.2, 0.25) is 0 Å². The first kappa shape index (κ1) is 20.8. The summed E-state index contributed by atoms with van der Waals surface area (Å²) in [5.41, 5.74) is 0. The fourth-order valence-corrected chi connectivity index (χ4v) is 3.45. The third-order valence-corrected chi connectivity index (χ3v) is 5.43. The average molecular weight is 465 g/mol. The average Bonchev–Trinajstić information content (AvgIpc) is 3.31. The molecule has 0 spiro atoms. The van der Waals surface area contributed by atoms with Gasteiger partial charge in [0.1, 0.15) is 18.1 Å². The topological polar surface area (TPSA) is 59.2 Å². The molecule has 0 fully saturated rings. The molecule has 6 nitrogen and oxygen atoms in total. The summed E-state index contributed by atoms with van der Waals surface area (Å²) in [6.07, 6.45) is 1.00. The van der Waals surface area contributed by atoms with Crippen LogP contribution in [0, 0.1) is 4.77 Å². The lowest BCUT2D eigenvalue weighted by molar-refractivity contribution is 0.271. The maximum atomic E-state index is 5.94. The van der Waals surface area contributed by atoms with Crippen LogP contribution in [0.1, 0.15) is 26.0 Å². The largest absolute Gasteiger partial charge is 0.486 e. The lowest BCUT2D eigenvalue weighted by Gasteiger charge is -2.17. The molecule has 0 aliphatic carbocycles. The summed E-state index contributed by atoms with van der Waals surface area (Å²) < 4.78 is 15.3. The van der Waals surface area contributed by atoms with Gasteiger partial charge in [-0.15, -0.1) is 0 Å². The van der Waals surface area contributed by atoms with Crippen LogP contribution in [-0.4, -0.2) is 39.3 Å². The van der Waals surface area contributed by atoms with E-state index in [2.05, 4.69) is 44.9 Å². The van der Waals surface area contributed by atoms with Crippen LogP contribution < -0.4 is 4.74 Å². The van der Waals surface area contributed by atoms with Crippen molar-refractivity contribution in [1.29, 1.82) is 0 Å². The number of halogens is 1. The van der Waals surface area contributed by atoms with E-state index < -0.39 is 0 Å². The van der Waals surface area contributed by atoms with E-state index in [0.29, 0.717) is 17.1 Å². The number of aromatic amines is 1. The van der Waals surface area contributed by atoms with Crippen molar-refractivity contribution < 1.29 is 9.15 Å². The highest BCUT2D eigenvalue weighted by Crippen LogP contribution is 2.23. The quantitative estimate of drug-likeness (QED) is 0.413. The van der Waals surface area contributed by atoms with E-state index in [-0.39, 0.29) is 0 Å². The van der Waals surface area contributed by atoms with Crippen LogP contribution in [-0.2, 0) is 13.2 Å². The predicted octanol–water partition coefficient (Wildman–Crippen LogP) is 5.27. The number of furan rings is 1. The van der Waals surface area contributed by atoms with Gasteiger partial charge >= 0.3 is 0 Å². The van der Waals surface area contributed by atoms with E-state index in [0.717, 1.165) is 54.4 Å². The molecule has 2 aromatic heterocycles. The summed E-state index contributed by atoms with van der Waals surface area (Å²) >= 11 is 8.82. The van der Waals surface area contributed by atoms with Crippen molar-refractivity contribution in [3.8, 4) is 17.3 Å². The minimum absolute atomic E-state index is 0.356. The molecule has 28 heavy (non-hydrogen) atoms. The zero-order valence-corrected chi connectivity index (χ0v) is 18.6. The zero-order valence-electron chi connectivity index (χ0n) is 16.2. The minimum atomic E-state index is 0.356. The molecule has 0 aliphatic heterocycles. The van der Waals surface area contributed by atoms with Crippen molar-refractivity contribution in [2.45, 2.75) is 33.4 Å². The van der Waals surface area contributed by atoms with Gasteiger partial charge in [-0.2, -0.15) is 5.10 Å². The van der Waals surface area contributed by atoms with E-state index in [1.54, 1.807) is 0 Å². The zero-order chi connectivity index (χ0) is 19.9. The number of aromatic nitrogens is 3. The molecule has 3 aromatic rings. The first-order chi connectivity index (χ1) is 13.6. The van der Waals surface area contributed by atoms with Gasteiger partial charge in [-0.3, -0.25) is 9.67 Å². The lowest BCUT2D eigenvalue weighted by Crippen LogP contribution is -2.24. The molecule has 2 heterocycles. The smallest absolute Gasteiger partial charge is 0.198 e. The molecule has 0 atom stereocenters. The Hall–Kier alpha value is -1.90. The molecular formula is C20H25BrN4O2S. The number of rotatable bonds is 10. The minimum Gasteiger partial charge on any atom is -0.486 e. The van der Waals surface area contributed by atoms with Crippen LogP contribution in [0.3, 0.4) is 0 Å². The molecule has 8 heteroatoms. The number of hydrogen-bond acceptors (Lipinski definition) is 5. The third-order valence-electron chi connectivity index (χ3n) is 4.59. The van der Waals surface area contributed by atoms with Crippen molar-refractivity contribution >= 4 is 28.1 Å². The predicted molar refractivity (Wildman–Crippen MR) is 116 cm³/mol. The molecule has 150 valence electrons. The third kappa shape index (κ3) is 5.33. The molecule has 0 saturated carbocycles. The number of ether oxygens (including phenoxy) is 1. The normalized spacial score (nSPS) is 11.3. The Morgan fingerprint density at radius 2 is 1.93 bits per heavy atom. The van der Waals surface area contributed by atoms with Gasteiger partial charge in [0.05, 0.1) is 0 Å². The van der Waals surface area contributed by atoms with Crippen molar-refractivity contribution in [3.05, 3.63) is 51.4 Å². The maximum absolute atomic E-state index is 5.94. The summed E-state index contributed by atoms with van der Waals surface area (Å²) in [5.74, 6) is 2.94. The Morgan fingerprint density at radius 3 is 2.64 bits per heavy atom. The molecule has 0 aliphatic rings. The summed E-state index contributed by atoms with van der Waals surface area (Å²) in [6.45, 7) is 8.66. The van der Waals surface area contributed by atoms with Crippen LogP contribution in [0.4, 0.5) is 0 Å². The highest BCUT2D eigenvalue weighted by molar-refractivity contribution is 9.10. The number of nitrogens with zero attached hydrogens (tertiary/aromatic N) is 3. The second-order valence-corrected chi connectivity index (χ2v) is 7.70. The van der Waals surface area contributed by atoms with E-state index in [9.17, 15) is 0 Å². The highest BCUT2D eigenvalue weighted by Gasteiger charge is 2.14. The Morgan fingerprint density at radius 1 is 1.18 bits per heavy atom. The molecule has 0 saturated heterocycles. The van der Waals surface area contributed by atoms with Gasteiger partial charge in [0.25, 0.3) is 0 Å². The SMILES string of the molecule is CCN(CC)CCCn1c(-c2ccc(COc3ccc(Br)cc3)o2)n[nH]c1=S. The fourth-order valence-electron chi connectivity index (χ4n) is 2.97. The van der Waals surface area contributed by atoms with Crippen LogP contribution in [0.5, 0.6) is 5.75 Å². The van der Waals surface area contributed by atoms with Crippen molar-refractivity contribution in [3.63, 3.8) is 0 Å².